The lowest BCUT2D eigenvalue weighted by Crippen LogP contribution is -2.01. The molecule has 0 amide bonds. The molecule has 0 unspecified atom stereocenters. The van der Waals surface area contributed by atoms with E-state index in [2.05, 4.69) is 34.6 Å². The van der Waals surface area contributed by atoms with Gasteiger partial charge in [0.2, 0.25) is 0 Å². The van der Waals surface area contributed by atoms with Gasteiger partial charge in [-0.15, -0.1) is 6.42 Å². The topological polar surface area (TPSA) is 85.4 Å². The monoisotopic (exact) mass is 474 g/mol. The quantitative estimate of drug-likeness (QED) is 0.145. The molecule has 0 bridgehead atoms. The summed E-state index contributed by atoms with van der Waals surface area (Å²) in [5.41, 5.74) is 1.40. The summed E-state index contributed by atoms with van der Waals surface area (Å²) in [6.45, 7) is 2.40. The molecular weight excluding hydrogens is 459 g/mol. The molecule has 0 aliphatic rings. The Morgan fingerprint density at radius 1 is 1.37 bits per heavy atom. The largest absolute Gasteiger partial charge is 0.490 e. The first-order valence-electron chi connectivity index (χ1n) is 7.89. The van der Waals surface area contributed by atoms with Gasteiger partial charge in [-0.3, -0.25) is 10.1 Å². The molecule has 0 N–H and O–H groups in total. The molecule has 0 saturated heterocycles. The third-order valence-corrected chi connectivity index (χ3v) is 4.23. The number of hydrogen-bond donors (Lipinski definition) is 0. The number of ether oxygens (including phenoxy) is 2. The molecule has 0 radical (unpaired) electrons. The van der Waals surface area contributed by atoms with Crippen LogP contribution in [-0.4, -0.2) is 18.1 Å². The van der Waals surface area contributed by atoms with Gasteiger partial charge in [-0.05, 0) is 58.9 Å². The highest BCUT2D eigenvalue weighted by Crippen LogP contribution is 2.35. The normalized spacial score (nSPS) is 10.6. The van der Waals surface area contributed by atoms with Crippen molar-refractivity contribution in [3.8, 4) is 29.9 Å². The fraction of sp³-hybridized carbons (Fsp3) is 0.150. The van der Waals surface area contributed by atoms with Crippen LogP contribution in [0.5, 0.6) is 11.5 Å². The number of terminal acetylenes is 1. The number of non-ortho nitro benzene ring substituents is 1. The fourth-order valence-electron chi connectivity index (χ4n) is 2.32. The number of benzene rings is 2. The van der Waals surface area contributed by atoms with Crippen LogP contribution in [0.3, 0.4) is 0 Å². The zero-order valence-corrected chi connectivity index (χ0v) is 16.6. The number of halogens is 1. The highest BCUT2D eigenvalue weighted by Gasteiger charge is 2.13. The molecule has 0 aliphatic heterocycles. The number of nitro benzene ring substituents is 1. The highest BCUT2D eigenvalue weighted by molar-refractivity contribution is 14.1. The van der Waals surface area contributed by atoms with Crippen LogP contribution < -0.4 is 9.47 Å². The first-order valence-corrected chi connectivity index (χ1v) is 8.97. The Bertz CT molecular complexity index is 971. The average Bonchev–Trinajstić information content (AvgIpc) is 2.66. The maximum absolute atomic E-state index is 11.0. The van der Waals surface area contributed by atoms with Crippen molar-refractivity contribution in [2.45, 2.75) is 6.92 Å². The molecule has 0 spiro atoms. The minimum absolute atomic E-state index is 0.0729. The smallest absolute Gasteiger partial charge is 0.270 e. The minimum Gasteiger partial charge on any atom is -0.490 e. The van der Waals surface area contributed by atoms with E-state index in [1.165, 1.54) is 12.1 Å². The molecule has 27 heavy (non-hydrogen) atoms. The molecule has 2 aromatic rings. The Labute approximate surface area is 170 Å². The van der Waals surface area contributed by atoms with E-state index in [4.69, 9.17) is 15.9 Å². The van der Waals surface area contributed by atoms with E-state index in [1.54, 1.807) is 24.3 Å². The van der Waals surface area contributed by atoms with E-state index in [0.29, 0.717) is 34.8 Å². The molecule has 7 heteroatoms. The molecule has 2 aromatic carbocycles. The fourth-order valence-corrected chi connectivity index (χ4v) is 3.10. The van der Waals surface area contributed by atoms with Gasteiger partial charge < -0.3 is 9.47 Å². The van der Waals surface area contributed by atoms with E-state index in [-0.39, 0.29) is 12.3 Å². The standard InChI is InChI=1S/C20H15IN2O4/c1-3-8-27-20-18(21)10-14(11-19(20)26-4-2)9-16(13-22)15-6-5-7-17(12-15)23(24)25/h1,5-7,9-12H,4,8H2,2H3. The lowest BCUT2D eigenvalue weighted by atomic mass is 10.0. The second kappa shape index (κ2) is 9.60. The summed E-state index contributed by atoms with van der Waals surface area (Å²) in [4.78, 5) is 10.5. The van der Waals surface area contributed by atoms with E-state index >= 15 is 0 Å². The van der Waals surface area contributed by atoms with Crippen LogP contribution in [0.1, 0.15) is 18.1 Å². The van der Waals surface area contributed by atoms with Gasteiger partial charge in [0.15, 0.2) is 11.5 Å². The maximum atomic E-state index is 11.0. The third-order valence-electron chi connectivity index (χ3n) is 3.43. The molecule has 2 rings (SSSR count). The van der Waals surface area contributed by atoms with Crippen molar-refractivity contribution < 1.29 is 14.4 Å². The van der Waals surface area contributed by atoms with Crippen molar-refractivity contribution >= 4 is 39.9 Å². The summed E-state index contributed by atoms with van der Waals surface area (Å²) in [6.07, 6.45) is 6.90. The molecule has 0 fully saturated rings. The summed E-state index contributed by atoms with van der Waals surface area (Å²) in [6, 6.07) is 11.6. The van der Waals surface area contributed by atoms with Crippen LogP contribution in [0.15, 0.2) is 36.4 Å². The Morgan fingerprint density at radius 3 is 2.78 bits per heavy atom. The summed E-state index contributed by atoms with van der Waals surface area (Å²) >= 11 is 2.10. The van der Waals surface area contributed by atoms with Crippen LogP contribution in [0, 0.1) is 37.4 Å². The lowest BCUT2D eigenvalue weighted by molar-refractivity contribution is -0.384. The molecule has 0 aliphatic carbocycles. The zero-order chi connectivity index (χ0) is 19.8. The third kappa shape index (κ3) is 5.22. The predicted octanol–water partition coefficient (Wildman–Crippen LogP) is 4.67. The number of allylic oxidation sites excluding steroid dienone is 1. The van der Waals surface area contributed by atoms with Gasteiger partial charge in [-0.25, -0.2) is 0 Å². The van der Waals surface area contributed by atoms with Crippen molar-refractivity contribution in [3.05, 3.63) is 61.2 Å². The van der Waals surface area contributed by atoms with Gasteiger partial charge >= 0.3 is 0 Å². The van der Waals surface area contributed by atoms with Crippen molar-refractivity contribution in [1.29, 1.82) is 5.26 Å². The zero-order valence-electron chi connectivity index (χ0n) is 14.4. The summed E-state index contributed by atoms with van der Waals surface area (Å²) in [5.74, 6) is 3.47. The van der Waals surface area contributed by atoms with Crippen LogP contribution in [0.25, 0.3) is 11.6 Å². The molecule has 6 nitrogen and oxygen atoms in total. The van der Waals surface area contributed by atoms with E-state index in [9.17, 15) is 15.4 Å². The summed E-state index contributed by atoms with van der Waals surface area (Å²) < 4.78 is 12.0. The van der Waals surface area contributed by atoms with E-state index < -0.39 is 4.92 Å². The first-order chi connectivity index (χ1) is 13.0. The predicted molar refractivity (Wildman–Crippen MR) is 111 cm³/mol. The Hall–Kier alpha value is -3.04. The van der Waals surface area contributed by atoms with E-state index in [0.717, 1.165) is 3.57 Å². The number of hydrogen-bond acceptors (Lipinski definition) is 5. The van der Waals surface area contributed by atoms with Crippen molar-refractivity contribution in [2.24, 2.45) is 0 Å². The summed E-state index contributed by atoms with van der Waals surface area (Å²) in [5, 5.41) is 20.5. The molecular formula is C20H15IN2O4. The van der Waals surface area contributed by atoms with Gasteiger partial charge in [0.05, 0.1) is 26.7 Å². The van der Waals surface area contributed by atoms with Crippen molar-refractivity contribution in [1.82, 2.24) is 0 Å². The van der Waals surface area contributed by atoms with Gasteiger partial charge in [0.1, 0.15) is 6.61 Å². The summed E-state index contributed by atoms with van der Waals surface area (Å²) in [7, 11) is 0. The Kier molecular flexibility index (Phi) is 7.21. The van der Waals surface area contributed by atoms with Crippen LogP contribution in [0.2, 0.25) is 0 Å². The van der Waals surface area contributed by atoms with E-state index in [1.807, 2.05) is 13.0 Å². The Morgan fingerprint density at radius 2 is 2.15 bits per heavy atom. The number of nitrogens with zero attached hydrogens (tertiary/aromatic N) is 2. The number of rotatable bonds is 7. The number of nitro groups is 1. The SMILES string of the molecule is C#CCOc1c(I)cc(C=C(C#N)c2cccc([N+](=O)[O-])c2)cc1OCC. The van der Waals surface area contributed by atoms with Crippen LogP contribution in [-0.2, 0) is 0 Å². The second-order valence-corrected chi connectivity index (χ2v) is 6.40. The molecule has 0 heterocycles. The van der Waals surface area contributed by atoms with Crippen molar-refractivity contribution in [2.75, 3.05) is 13.2 Å². The molecule has 136 valence electrons. The average molecular weight is 474 g/mol. The molecule has 0 saturated carbocycles. The minimum atomic E-state index is -0.494. The van der Waals surface area contributed by atoms with Gasteiger partial charge in [-0.1, -0.05) is 18.1 Å². The lowest BCUT2D eigenvalue weighted by Gasteiger charge is -2.13. The Balaban J connectivity index is 2.49. The van der Waals surface area contributed by atoms with Crippen LogP contribution in [0.4, 0.5) is 5.69 Å². The number of nitriles is 1. The highest BCUT2D eigenvalue weighted by atomic mass is 127. The van der Waals surface area contributed by atoms with Gasteiger partial charge in [0.25, 0.3) is 5.69 Å². The van der Waals surface area contributed by atoms with Gasteiger partial charge in [0, 0.05) is 12.1 Å². The molecule has 0 aromatic heterocycles. The molecule has 0 atom stereocenters. The van der Waals surface area contributed by atoms with Gasteiger partial charge in [-0.2, -0.15) is 5.26 Å². The first kappa shape index (κ1) is 20.3. The van der Waals surface area contributed by atoms with Crippen molar-refractivity contribution in [3.63, 3.8) is 0 Å². The van der Waals surface area contributed by atoms with Crippen LogP contribution >= 0.6 is 22.6 Å². The second-order valence-electron chi connectivity index (χ2n) is 5.23. The maximum Gasteiger partial charge on any atom is 0.270 e.